The molecule has 0 amide bonds. The van der Waals surface area contributed by atoms with E-state index < -0.39 is 7.28 Å². The molecule has 1 aromatic heterocycles. The molecule has 0 N–H and O–H groups in total. The van der Waals surface area contributed by atoms with Gasteiger partial charge in [0.2, 0.25) is 0 Å². The molecular weight excluding hydrogens is 515 g/mol. The molecule has 35 heavy (non-hydrogen) atoms. The van der Waals surface area contributed by atoms with E-state index in [9.17, 15) is 0 Å². The molecule has 0 fully saturated rings. The van der Waals surface area contributed by atoms with E-state index in [0.717, 1.165) is 27.8 Å². The first-order valence-electron chi connectivity index (χ1n) is 12.0. The fourth-order valence-corrected chi connectivity index (χ4v) is 8.02. The Kier molecular flexibility index (Phi) is 6.38. The summed E-state index contributed by atoms with van der Waals surface area (Å²) in [6.07, 6.45) is 0. The van der Waals surface area contributed by atoms with Crippen LogP contribution in [0.25, 0.3) is 21.8 Å². The average Bonchev–Trinajstić information content (AvgIpc) is 3.18. The number of aromatic nitrogens is 1. The highest BCUT2D eigenvalue weighted by molar-refractivity contribution is 9.10. The van der Waals surface area contributed by atoms with Gasteiger partial charge in [-0.2, -0.15) is 0 Å². The molecule has 0 unspecified atom stereocenters. The fourth-order valence-electron chi connectivity index (χ4n) is 4.68. The lowest BCUT2D eigenvalue weighted by molar-refractivity contribution is 0.571. The van der Waals surface area contributed by atoms with Crippen molar-refractivity contribution in [1.29, 1.82) is 0 Å². The van der Waals surface area contributed by atoms with Crippen LogP contribution in [-0.4, -0.2) is 9.72 Å². The Morgan fingerprint density at radius 2 is 1.46 bits per heavy atom. The predicted octanol–water partition coefficient (Wildman–Crippen LogP) is 9.53. The van der Waals surface area contributed by atoms with Crippen LogP contribution in [0.15, 0.2) is 106 Å². The van der Waals surface area contributed by atoms with Gasteiger partial charge >= 0.3 is 0 Å². The van der Waals surface area contributed by atoms with Gasteiger partial charge in [-0.1, -0.05) is 73.1 Å². The monoisotopic (exact) mass is 544 g/mol. The van der Waals surface area contributed by atoms with E-state index in [1.807, 2.05) is 42.5 Å². The van der Waals surface area contributed by atoms with Crippen LogP contribution in [0.5, 0.6) is 5.75 Å². The molecule has 0 radical (unpaired) electrons. The van der Waals surface area contributed by atoms with E-state index in [1.165, 1.54) is 21.8 Å². The molecule has 1 heterocycles. The maximum atomic E-state index is 7.01. The highest BCUT2D eigenvalue weighted by Crippen LogP contribution is 2.62. The Bertz CT molecular complexity index is 1550. The lowest BCUT2D eigenvalue weighted by Gasteiger charge is -2.37. The predicted molar refractivity (Wildman–Crippen MR) is 155 cm³/mol. The lowest BCUT2D eigenvalue weighted by atomic mass is 10.1. The van der Waals surface area contributed by atoms with Crippen LogP contribution >= 0.6 is 23.2 Å². The summed E-state index contributed by atoms with van der Waals surface area (Å²) in [5.74, 6) is 0.840. The molecule has 0 aliphatic carbocycles. The standard InChI is InChI=1S/C30H30BrN2OP/c1-5-33-28-14-10-9-13-26(28)27-21-25(19-20-29(27)33)35(30(2,3)4,34-24-11-7-6-8-12-24)32-23-17-15-22(31)16-18-23/h6-21H,5H2,1-4H3/t35-/m0/s1. The Labute approximate surface area is 216 Å². The highest BCUT2D eigenvalue weighted by Gasteiger charge is 2.39. The first kappa shape index (κ1) is 23.9. The summed E-state index contributed by atoms with van der Waals surface area (Å²) in [6, 6.07) is 33.8. The molecule has 3 nitrogen and oxygen atoms in total. The van der Waals surface area contributed by atoms with Gasteiger partial charge in [0, 0.05) is 43.3 Å². The summed E-state index contributed by atoms with van der Waals surface area (Å²) >= 11 is 3.56. The van der Waals surface area contributed by atoms with Gasteiger partial charge in [-0.3, -0.25) is 0 Å². The maximum Gasteiger partial charge on any atom is 0.173 e. The van der Waals surface area contributed by atoms with Gasteiger partial charge < -0.3 is 9.09 Å². The second-order valence-electron chi connectivity index (χ2n) is 9.69. The molecule has 0 aliphatic rings. The zero-order chi connectivity index (χ0) is 24.6. The minimum Gasteiger partial charge on any atom is -0.455 e. The van der Waals surface area contributed by atoms with Gasteiger partial charge in [0.25, 0.3) is 0 Å². The number of halogens is 1. The van der Waals surface area contributed by atoms with Gasteiger partial charge in [0.05, 0.1) is 5.69 Å². The van der Waals surface area contributed by atoms with Gasteiger partial charge in [0.15, 0.2) is 7.28 Å². The largest absolute Gasteiger partial charge is 0.455 e. The van der Waals surface area contributed by atoms with Crippen LogP contribution in [0, 0.1) is 0 Å². The smallest absolute Gasteiger partial charge is 0.173 e. The molecule has 178 valence electrons. The third kappa shape index (κ3) is 4.35. The van der Waals surface area contributed by atoms with Crippen molar-refractivity contribution < 1.29 is 4.52 Å². The second-order valence-corrected chi connectivity index (χ2v) is 14.0. The zero-order valence-electron chi connectivity index (χ0n) is 20.6. The quantitative estimate of drug-likeness (QED) is 0.202. The summed E-state index contributed by atoms with van der Waals surface area (Å²) in [5.41, 5.74) is 3.42. The number of para-hydroxylation sites is 2. The van der Waals surface area contributed by atoms with E-state index in [1.54, 1.807) is 0 Å². The highest BCUT2D eigenvalue weighted by atomic mass is 79.9. The van der Waals surface area contributed by atoms with Gasteiger partial charge in [-0.05, 0) is 67.6 Å². The summed E-state index contributed by atoms with van der Waals surface area (Å²) in [6.45, 7) is 9.85. The molecule has 5 rings (SSSR count). The number of hydrogen-bond donors (Lipinski definition) is 0. The topological polar surface area (TPSA) is 26.5 Å². The molecule has 0 saturated carbocycles. The van der Waals surface area contributed by atoms with Crippen LogP contribution in [-0.2, 0) is 6.54 Å². The first-order chi connectivity index (χ1) is 16.8. The molecule has 5 heteroatoms. The molecule has 4 aromatic carbocycles. The molecule has 0 spiro atoms. The van der Waals surface area contributed by atoms with Crippen LogP contribution in [0.1, 0.15) is 27.7 Å². The first-order valence-corrected chi connectivity index (χ1v) is 14.4. The number of fused-ring (bicyclic) bond motifs is 3. The van der Waals surface area contributed by atoms with Crippen molar-refractivity contribution in [2.75, 3.05) is 0 Å². The molecule has 0 bridgehead atoms. The summed E-state index contributed by atoms with van der Waals surface area (Å²) in [7, 11) is -2.57. The van der Waals surface area contributed by atoms with Crippen LogP contribution in [0.3, 0.4) is 0 Å². The molecule has 0 aliphatic heterocycles. The molecular formula is C30H30BrN2OP. The summed E-state index contributed by atoms with van der Waals surface area (Å²) < 4.78 is 15.9. The molecule has 1 atom stereocenters. The van der Waals surface area contributed by atoms with E-state index in [-0.39, 0.29) is 5.16 Å². The van der Waals surface area contributed by atoms with Gasteiger partial charge in [-0.25, -0.2) is 4.74 Å². The molecule has 5 aromatic rings. The van der Waals surface area contributed by atoms with Crippen molar-refractivity contribution in [3.63, 3.8) is 0 Å². The Morgan fingerprint density at radius 3 is 2.14 bits per heavy atom. The lowest BCUT2D eigenvalue weighted by Crippen LogP contribution is -2.27. The van der Waals surface area contributed by atoms with Crippen molar-refractivity contribution in [2.24, 2.45) is 4.74 Å². The Morgan fingerprint density at radius 1 is 0.800 bits per heavy atom. The number of hydrogen-bond acceptors (Lipinski definition) is 2. The second kappa shape index (κ2) is 9.33. The zero-order valence-corrected chi connectivity index (χ0v) is 23.1. The number of benzene rings is 4. The van der Waals surface area contributed by atoms with Gasteiger partial charge in [0.1, 0.15) is 5.75 Å². The van der Waals surface area contributed by atoms with E-state index in [2.05, 4.69) is 103 Å². The summed E-state index contributed by atoms with van der Waals surface area (Å²) in [5, 5.41) is 3.41. The number of rotatable bonds is 5. The van der Waals surface area contributed by atoms with Crippen LogP contribution in [0.2, 0.25) is 0 Å². The SMILES string of the molecule is CCn1c2ccccc2c2cc([P@](=Nc3ccc(Br)cc3)(Oc3ccccc3)C(C)(C)C)ccc21. The van der Waals surface area contributed by atoms with E-state index >= 15 is 0 Å². The fraction of sp³-hybridized carbons (Fsp3) is 0.200. The maximum absolute atomic E-state index is 7.01. The third-order valence-electron chi connectivity index (χ3n) is 6.40. The third-order valence-corrected chi connectivity index (χ3v) is 10.7. The van der Waals surface area contributed by atoms with Crippen molar-refractivity contribution >= 4 is 56.0 Å². The normalized spacial score (nSPS) is 13.6. The average molecular weight is 545 g/mol. The van der Waals surface area contributed by atoms with Crippen molar-refractivity contribution in [3.8, 4) is 5.75 Å². The molecule has 0 saturated heterocycles. The van der Waals surface area contributed by atoms with Crippen molar-refractivity contribution in [2.45, 2.75) is 39.4 Å². The van der Waals surface area contributed by atoms with Gasteiger partial charge in [-0.15, -0.1) is 0 Å². The van der Waals surface area contributed by atoms with Crippen molar-refractivity contribution in [1.82, 2.24) is 4.57 Å². The van der Waals surface area contributed by atoms with E-state index in [4.69, 9.17) is 9.27 Å². The Balaban J connectivity index is 1.84. The Hall–Kier alpha value is -2.81. The van der Waals surface area contributed by atoms with Crippen LogP contribution in [0.4, 0.5) is 5.69 Å². The van der Waals surface area contributed by atoms with E-state index in [0.29, 0.717) is 0 Å². The summed E-state index contributed by atoms with van der Waals surface area (Å²) in [4.78, 5) is 0. The minimum absolute atomic E-state index is 0.243. The van der Waals surface area contributed by atoms with Crippen molar-refractivity contribution in [3.05, 3.63) is 102 Å². The van der Waals surface area contributed by atoms with Crippen LogP contribution < -0.4 is 9.83 Å². The number of aryl methyl sites for hydroxylation is 1. The number of nitrogens with zero attached hydrogens (tertiary/aromatic N) is 2. The minimum atomic E-state index is -2.57.